The highest BCUT2D eigenvalue weighted by molar-refractivity contribution is 5.92. The Morgan fingerprint density at radius 1 is 1.30 bits per heavy atom. The largest absolute Gasteiger partial charge is 0.481 e. The first-order valence-electron chi connectivity index (χ1n) is 7.18. The molecule has 0 bridgehead atoms. The molecule has 0 spiro atoms. The molecule has 2 heterocycles. The normalized spacial score (nSPS) is 20.5. The van der Waals surface area contributed by atoms with Gasteiger partial charge in [-0.15, -0.1) is 0 Å². The molecule has 7 heteroatoms. The molecule has 0 radical (unpaired) electrons. The van der Waals surface area contributed by atoms with E-state index in [1.165, 1.54) is 18.1 Å². The number of carbonyl (C=O) groups excluding carboxylic acids is 1. The van der Waals surface area contributed by atoms with Gasteiger partial charge >= 0.3 is 5.97 Å². The Kier molecular flexibility index (Phi) is 4.01. The Labute approximate surface area is 132 Å². The molecule has 3 rings (SSSR count). The number of nitrogens with zero attached hydrogens (tertiary/aromatic N) is 2. The minimum Gasteiger partial charge on any atom is -0.481 e. The number of aromatic nitrogens is 1. The van der Waals surface area contributed by atoms with Gasteiger partial charge in [-0.1, -0.05) is 30.3 Å². The smallest absolute Gasteiger partial charge is 0.308 e. The summed E-state index contributed by atoms with van der Waals surface area (Å²) in [6, 6.07) is 10.8. The van der Waals surface area contributed by atoms with E-state index >= 15 is 0 Å². The monoisotopic (exact) mass is 316 g/mol. The zero-order valence-electron chi connectivity index (χ0n) is 12.5. The van der Waals surface area contributed by atoms with Gasteiger partial charge in [-0.2, -0.15) is 0 Å². The van der Waals surface area contributed by atoms with Crippen LogP contribution in [0.2, 0.25) is 0 Å². The fraction of sp³-hybridized carbons (Fsp3) is 0.312. The number of carboxylic acid groups (broad SMARTS) is 1. The second kappa shape index (κ2) is 6.12. The van der Waals surface area contributed by atoms with Crippen LogP contribution in [0.1, 0.15) is 22.0 Å². The number of amides is 1. The molecule has 0 aliphatic carbocycles. The van der Waals surface area contributed by atoms with Crippen molar-refractivity contribution < 1.29 is 24.0 Å². The average molecular weight is 316 g/mol. The van der Waals surface area contributed by atoms with Crippen molar-refractivity contribution >= 4 is 11.9 Å². The van der Waals surface area contributed by atoms with Gasteiger partial charge in [-0.05, 0) is 10.7 Å². The van der Waals surface area contributed by atoms with Crippen LogP contribution >= 0.6 is 0 Å². The van der Waals surface area contributed by atoms with Crippen molar-refractivity contribution in [3.63, 3.8) is 0 Å². The van der Waals surface area contributed by atoms with Crippen molar-refractivity contribution in [2.45, 2.75) is 5.92 Å². The average Bonchev–Trinajstić information content (AvgIpc) is 3.22. The number of hydrogen-bond donors (Lipinski definition) is 1. The number of rotatable bonds is 4. The molecule has 2 atom stereocenters. The van der Waals surface area contributed by atoms with Crippen LogP contribution in [0.5, 0.6) is 5.88 Å². The number of carboxylic acids is 1. The maximum absolute atomic E-state index is 12.5. The van der Waals surface area contributed by atoms with Gasteiger partial charge < -0.3 is 19.3 Å². The van der Waals surface area contributed by atoms with Gasteiger partial charge in [0.25, 0.3) is 11.8 Å². The van der Waals surface area contributed by atoms with E-state index in [1.807, 2.05) is 30.3 Å². The maximum Gasteiger partial charge on any atom is 0.308 e. The molecular formula is C16H16N2O5. The maximum atomic E-state index is 12.5. The van der Waals surface area contributed by atoms with Crippen molar-refractivity contribution in [1.29, 1.82) is 0 Å². The molecule has 1 saturated heterocycles. The second-order valence-electron chi connectivity index (χ2n) is 5.41. The third-order valence-electron chi connectivity index (χ3n) is 4.06. The zero-order chi connectivity index (χ0) is 16.4. The van der Waals surface area contributed by atoms with Gasteiger partial charge in [0.05, 0.1) is 19.1 Å². The summed E-state index contributed by atoms with van der Waals surface area (Å²) in [7, 11) is 1.42. The number of aliphatic carboxylic acids is 1. The molecule has 1 aliphatic heterocycles. The fourth-order valence-electron chi connectivity index (χ4n) is 2.87. The summed E-state index contributed by atoms with van der Waals surface area (Å²) >= 11 is 0. The zero-order valence-corrected chi connectivity index (χ0v) is 12.5. The molecule has 0 saturated carbocycles. The lowest BCUT2D eigenvalue weighted by Gasteiger charge is -2.15. The number of carbonyl (C=O) groups is 2. The Morgan fingerprint density at radius 2 is 2.04 bits per heavy atom. The summed E-state index contributed by atoms with van der Waals surface area (Å²) in [6.45, 7) is 0.458. The molecule has 1 fully saturated rings. The minimum absolute atomic E-state index is 0.0414. The van der Waals surface area contributed by atoms with Crippen LogP contribution in [0, 0.1) is 5.92 Å². The lowest BCUT2D eigenvalue weighted by atomic mass is 9.89. The van der Waals surface area contributed by atoms with Crippen molar-refractivity contribution in [2.24, 2.45) is 5.92 Å². The van der Waals surface area contributed by atoms with Crippen LogP contribution in [-0.4, -0.2) is 47.2 Å². The highest BCUT2D eigenvalue weighted by Crippen LogP contribution is 2.33. The number of benzene rings is 1. The number of methoxy groups -OCH3 is 1. The van der Waals surface area contributed by atoms with E-state index in [2.05, 4.69) is 5.16 Å². The first kappa shape index (κ1) is 15.1. The Bertz CT molecular complexity index is 712. The first-order valence-corrected chi connectivity index (χ1v) is 7.18. The second-order valence-corrected chi connectivity index (χ2v) is 5.41. The standard InChI is InChI=1S/C16H16N2O5/c1-22-14-7-13(23-17-14)15(19)18-8-11(12(9-18)16(20)21)10-5-3-2-4-6-10/h2-7,11-12H,8-9H2,1H3,(H,20,21). The topological polar surface area (TPSA) is 92.9 Å². The van der Waals surface area contributed by atoms with Gasteiger partial charge in [-0.3, -0.25) is 9.59 Å². The van der Waals surface area contributed by atoms with Gasteiger partial charge in [0, 0.05) is 19.0 Å². The SMILES string of the molecule is COc1cc(C(=O)N2CC(C(=O)O)C(c3ccccc3)C2)on1. The van der Waals surface area contributed by atoms with E-state index in [0.29, 0.717) is 6.54 Å². The molecular weight excluding hydrogens is 300 g/mol. The molecule has 1 aliphatic rings. The predicted molar refractivity (Wildman–Crippen MR) is 79.3 cm³/mol. The van der Waals surface area contributed by atoms with Crippen molar-refractivity contribution in [3.8, 4) is 5.88 Å². The van der Waals surface area contributed by atoms with Gasteiger partial charge in [0.1, 0.15) is 0 Å². The van der Waals surface area contributed by atoms with Crippen LogP contribution in [0.3, 0.4) is 0 Å². The first-order chi connectivity index (χ1) is 11.1. The quantitative estimate of drug-likeness (QED) is 0.921. The highest BCUT2D eigenvalue weighted by Gasteiger charge is 2.41. The lowest BCUT2D eigenvalue weighted by molar-refractivity contribution is -0.141. The number of hydrogen-bond acceptors (Lipinski definition) is 5. The van der Waals surface area contributed by atoms with E-state index in [1.54, 1.807) is 0 Å². The van der Waals surface area contributed by atoms with Gasteiger partial charge in [0.15, 0.2) is 0 Å². The van der Waals surface area contributed by atoms with E-state index in [0.717, 1.165) is 5.56 Å². The van der Waals surface area contributed by atoms with Crippen LogP contribution in [-0.2, 0) is 4.79 Å². The molecule has 23 heavy (non-hydrogen) atoms. The fourth-order valence-corrected chi connectivity index (χ4v) is 2.87. The van der Waals surface area contributed by atoms with E-state index < -0.39 is 11.9 Å². The summed E-state index contributed by atoms with van der Waals surface area (Å²) in [6.07, 6.45) is 0. The summed E-state index contributed by atoms with van der Waals surface area (Å²) in [4.78, 5) is 25.5. The van der Waals surface area contributed by atoms with Crippen LogP contribution in [0.15, 0.2) is 40.9 Å². The Hall–Kier alpha value is -2.83. The van der Waals surface area contributed by atoms with Crippen LogP contribution < -0.4 is 4.74 Å². The van der Waals surface area contributed by atoms with Crippen LogP contribution in [0.25, 0.3) is 0 Å². The van der Waals surface area contributed by atoms with Crippen LogP contribution in [0.4, 0.5) is 0 Å². The van der Waals surface area contributed by atoms with Gasteiger partial charge in [0.2, 0.25) is 5.76 Å². The Balaban J connectivity index is 1.82. The van der Waals surface area contributed by atoms with Crippen molar-refractivity contribution in [3.05, 3.63) is 47.7 Å². The molecule has 1 aromatic heterocycles. The van der Waals surface area contributed by atoms with Crippen molar-refractivity contribution in [2.75, 3.05) is 20.2 Å². The van der Waals surface area contributed by atoms with E-state index in [4.69, 9.17) is 9.26 Å². The lowest BCUT2D eigenvalue weighted by Crippen LogP contribution is -2.29. The molecule has 1 aromatic carbocycles. The van der Waals surface area contributed by atoms with E-state index in [9.17, 15) is 14.7 Å². The molecule has 120 valence electrons. The predicted octanol–water partition coefficient (Wildman–Crippen LogP) is 1.62. The highest BCUT2D eigenvalue weighted by atomic mass is 16.5. The summed E-state index contributed by atoms with van der Waals surface area (Å²) in [5, 5.41) is 13.1. The summed E-state index contributed by atoms with van der Waals surface area (Å²) in [5.74, 6) is -1.94. The minimum atomic E-state index is -0.913. The molecule has 7 nitrogen and oxygen atoms in total. The molecule has 2 unspecified atom stereocenters. The van der Waals surface area contributed by atoms with Crippen molar-refractivity contribution in [1.82, 2.24) is 10.1 Å². The number of likely N-dealkylation sites (tertiary alicyclic amines) is 1. The van der Waals surface area contributed by atoms with Gasteiger partial charge in [-0.25, -0.2) is 0 Å². The molecule has 2 aromatic rings. The molecule has 1 amide bonds. The van der Waals surface area contributed by atoms with E-state index in [-0.39, 0.29) is 30.0 Å². The summed E-state index contributed by atoms with van der Waals surface area (Å²) in [5.41, 5.74) is 0.908. The summed E-state index contributed by atoms with van der Waals surface area (Å²) < 4.78 is 9.84. The Morgan fingerprint density at radius 3 is 2.65 bits per heavy atom. The molecule has 1 N–H and O–H groups in total. The third-order valence-corrected chi connectivity index (χ3v) is 4.06. The third kappa shape index (κ3) is 2.90. The number of ether oxygens (including phenoxy) is 1.